The second kappa shape index (κ2) is 6.39. The minimum Gasteiger partial charge on any atom is -0.445 e. The average molecular weight is 337 g/mol. The molecule has 0 aliphatic carbocycles. The van der Waals surface area contributed by atoms with Crippen LogP contribution in [0.5, 0.6) is 0 Å². The average Bonchev–Trinajstić information content (AvgIpc) is 3.22. The zero-order chi connectivity index (χ0) is 17.4. The maximum atomic E-state index is 12.8. The molecule has 5 nitrogen and oxygen atoms in total. The van der Waals surface area contributed by atoms with E-state index in [-0.39, 0.29) is 5.91 Å². The van der Waals surface area contributed by atoms with Gasteiger partial charge in [-0.25, -0.2) is 4.98 Å². The van der Waals surface area contributed by atoms with Crippen molar-refractivity contribution in [3.63, 3.8) is 0 Å². The summed E-state index contributed by atoms with van der Waals surface area (Å²) in [5.41, 5.74) is 2.53. The van der Waals surface area contributed by atoms with E-state index in [0.29, 0.717) is 24.7 Å². The van der Waals surface area contributed by atoms with Crippen LogP contribution in [0.2, 0.25) is 0 Å². The van der Waals surface area contributed by atoms with Crippen LogP contribution in [0.4, 0.5) is 0 Å². The van der Waals surface area contributed by atoms with Gasteiger partial charge in [0.1, 0.15) is 17.1 Å². The number of oxazole rings is 1. The van der Waals surface area contributed by atoms with Crippen LogP contribution in [0.15, 0.2) is 34.7 Å². The number of nitrogens with one attached hydrogen (secondary N) is 1. The number of aromatic amines is 1. The summed E-state index contributed by atoms with van der Waals surface area (Å²) in [5, 5.41) is 1.06. The molecule has 0 radical (unpaired) electrons. The summed E-state index contributed by atoms with van der Waals surface area (Å²) in [4.78, 5) is 22.5. The van der Waals surface area contributed by atoms with Crippen LogP contribution in [0, 0.1) is 5.92 Å². The van der Waals surface area contributed by atoms with Gasteiger partial charge in [-0.1, -0.05) is 32.0 Å². The SMILES string of the molecule is CC(C)CCc1nc2c(o1)CCN(C(=O)c1cc3ccccc3[nH]1)C2. The first-order chi connectivity index (χ1) is 12.1. The molecule has 0 fully saturated rings. The molecule has 0 spiro atoms. The summed E-state index contributed by atoms with van der Waals surface area (Å²) >= 11 is 0. The fourth-order valence-electron chi connectivity index (χ4n) is 3.30. The van der Waals surface area contributed by atoms with Gasteiger partial charge in [0.15, 0.2) is 5.89 Å². The number of aromatic nitrogens is 2. The summed E-state index contributed by atoms with van der Waals surface area (Å²) < 4.78 is 5.88. The number of hydrogen-bond acceptors (Lipinski definition) is 3. The molecule has 3 heterocycles. The van der Waals surface area contributed by atoms with Crippen molar-refractivity contribution in [2.45, 2.75) is 39.7 Å². The van der Waals surface area contributed by atoms with Crippen LogP contribution in [-0.4, -0.2) is 27.3 Å². The number of carbonyl (C=O) groups excluding carboxylic acids is 1. The van der Waals surface area contributed by atoms with E-state index in [1.807, 2.05) is 35.2 Å². The van der Waals surface area contributed by atoms with Crippen LogP contribution >= 0.6 is 0 Å². The van der Waals surface area contributed by atoms with Gasteiger partial charge in [0.2, 0.25) is 0 Å². The molecule has 0 unspecified atom stereocenters. The van der Waals surface area contributed by atoms with Crippen LogP contribution in [0.3, 0.4) is 0 Å². The van der Waals surface area contributed by atoms with Gasteiger partial charge >= 0.3 is 0 Å². The van der Waals surface area contributed by atoms with Gasteiger partial charge in [0.05, 0.1) is 6.54 Å². The molecule has 1 N–H and O–H groups in total. The Balaban J connectivity index is 1.50. The quantitative estimate of drug-likeness (QED) is 0.784. The number of nitrogens with zero attached hydrogens (tertiary/aromatic N) is 2. The van der Waals surface area contributed by atoms with Gasteiger partial charge in [-0.3, -0.25) is 4.79 Å². The normalized spacial score (nSPS) is 14.3. The molecule has 0 atom stereocenters. The molecule has 3 aromatic rings. The van der Waals surface area contributed by atoms with E-state index >= 15 is 0 Å². The van der Waals surface area contributed by atoms with Crippen LogP contribution in [0.25, 0.3) is 10.9 Å². The zero-order valence-electron chi connectivity index (χ0n) is 14.7. The highest BCUT2D eigenvalue weighted by atomic mass is 16.4. The Labute approximate surface area is 147 Å². The molecular formula is C20H23N3O2. The maximum absolute atomic E-state index is 12.8. The van der Waals surface area contributed by atoms with Crippen molar-refractivity contribution in [2.24, 2.45) is 5.92 Å². The van der Waals surface area contributed by atoms with Crippen LogP contribution in [-0.2, 0) is 19.4 Å². The first-order valence-electron chi connectivity index (χ1n) is 8.94. The molecule has 130 valence electrons. The summed E-state index contributed by atoms with van der Waals surface area (Å²) in [7, 11) is 0. The van der Waals surface area contributed by atoms with Crippen molar-refractivity contribution in [2.75, 3.05) is 6.54 Å². The van der Waals surface area contributed by atoms with E-state index in [1.165, 1.54) is 0 Å². The van der Waals surface area contributed by atoms with Gasteiger partial charge in [-0.15, -0.1) is 0 Å². The summed E-state index contributed by atoms with van der Waals surface area (Å²) in [5.74, 6) is 2.40. The number of rotatable bonds is 4. The molecule has 1 aromatic carbocycles. The van der Waals surface area contributed by atoms with E-state index < -0.39 is 0 Å². The van der Waals surface area contributed by atoms with Gasteiger partial charge < -0.3 is 14.3 Å². The Bertz CT molecular complexity index is 874. The van der Waals surface area contributed by atoms with Crippen molar-refractivity contribution in [1.82, 2.24) is 14.9 Å². The predicted molar refractivity (Wildman–Crippen MR) is 96.4 cm³/mol. The summed E-state index contributed by atoms with van der Waals surface area (Å²) in [6.45, 7) is 5.59. The highest BCUT2D eigenvalue weighted by molar-refractivity contribution is 5.98. The first-order valence-corrected chi connectivity index (χ1v) is 8.94. The predicted octanol–water partition coefficient (Wildman–Crippen LogP) is 3.94. The number of carbonyl (C=O) groups is 1. The first kappa shape index (κ1) is 15.9. The molecule has 0 saturated carbocycles. The number of hydrogen-bond donors (Lipinski definition) is 1. The highest BCUT2D eigenvalue weighted by Gasteiger charge is 2.26. The Morgan fingerprint density at radius 1 is 1.36 bits per heavy atom. The molecule has 2 aromatic heterocycles. The van der Waals surface area contributed by atoms with E-state index in [1.54, 1.807) is 0 Å². The minimum atomic E-state index is 0.0218. The number of fused-ring (bicyclic) bond motifs is 2. The second-order valence-electron chi connectivity index (χ2n) is 7.16. The second-order valence-corrected chi connectivity index (χ2v) is 7.16. The van der Waals surface area contributed by atoms with E-state index in [9.17, 15) is 4.79 Å². The summed E-state index contributed by atoms with van der Waals surface area (Å²) in [6, 6.07) is 9.86. The van der Waals surface area contributed by atoms with Crippen LogP contribution in [0.1, 0.15) is 48.1 Å². The molecular weight excluding hydrogens is 314 g/mol. The molecule has 0 saturated heterocycles. The van der Waals surface area contributed by atoms with Crippen molar-refractivity contribution in [3.8, 4) is 0 Å². The smallest absolute Gasteiger partial charge is 0.270 e. The number of H-pyrrole nitrogens is 1. The lowest BCUT2D eigenvalue weighted by Gasteiger charge is -2.24. The molecule has 25 heavy (non-hydrogen) atoms. The monoisotopic (exact) mass is 337 g/mol. The Hall–Kier alpha value is -2.56. The minimum absolute atomic E-state index is 0.0218. The highest BCUT2D eigenvalue weighted by Crippen LogP contribution is 2.23. The van der Waals surface area contributed by atoms with E-state index in [2.05, 4.69) is 23.8 Å². The number of benzene rings is 1. The van der Waals surface area contributed by atoms with Crippen molar-refractivity contribution in [3.05, 3.63) is 53.4 Å². The molecule has 5 heteroatoms. The van der Waals surface area contributed by atoms with E-state index in [0.717, 1.165) is 47.5 Å². The standard InChI is InChI=1S/C20H23N3O2/c1-13(2)7-8-19-22-17-12-23(10-9-18(17)25-19)20(24)16-11-14-5-3-4-6-15(14)21-16/h3-6,11,13,21H,7-10,12H2,1-2H3. The molecule has 1 aliphatic rings. The largest absolute Gasteiger partial charge is 0.445 e. The van der Waals surface area contributed by atoms with Crippen molar-refractivity contribution >= 4 is 16.8 Å². The van der Waals surface area contributed by atoms with E-state index in [4.69, 9.17) is 4.42 Å². The molecule has 1 aliphatic heterocycles. The fraction of sp³-hybridized carbons (Fsp3) is 0.400. The van der Waals surface area contributed by atoms with Crippen molar-refractivity contribution < 1.29 is 9.21 Å². The van der Waals surface area contributed by atoms with Crippen molar-refractivity contribution in [1.29, 1.82) is 0 Å². The maximum Gasteiger partial charge on any atom is 0.270 e. The molecule has 0 bridgehead atoms. The third kappa shape index (κ3) is 3.18. The Morgan fingerprint density at radius 3 is 3.00 bits per heavy atom. The lowest BCUT2D eigenvalue weighted by molar-refractivity contribution is 0.0723. The number of aryl methyl sites for hydroxylation is 1. The molecule has 1 amide bonds. The topological polar surface area (TPSA) is 62.1 Å². The fourth-order valence-corrected chi connectivity index (χ4v) is 3.30. The van der Waals surface area contributed by atoms with Gasteiger partial charge in [0.25, 0.3) is 5.91 Å². The Kier molecular flexibility index (Phi) is 4.07. The third-order valence-electron chi connectivity index (χ3n) is 4.76. The molecule has 4 rings (SSSR count). The Morgan fingerprint density at radius 2 is 2.20 bits per heavy atom. The lowest BCUT2D eigenvalue weighted by Crippen LogP contribution is -2.36. The number of amides is 1. The lowest BCUT2D eigenvalue weighted by atomic mass is 10.1. The van der Waals surface area contributed by atoms with Gasteiger partial charge in [-0.05, 0) is 24.5 Å². The van der Waals surface area contributed by atoms with Gasteiger partial charge in [0, 0.05) is 30.3 Å². The number of para-hydroxylation sites is 1. The van der Waals surface area contributed by atoms with Crippen LogP contribution < -0.4 is 0 Å². The van der Waals surface area contributed by atoms with Gasteiger partial charge in [-0.2, -0.15) is 0 Å². The third-order valence-corrected chi connectivity index (χ3v) is 4.76. The summed E-state index contributed by atoms with van der Waals surface area (Å²) in [6.07, 6.45) is 2.66. The zero-order valence-corrected chi connectivity index (χ0v) is 14.7.